The predicted molar refractivity (Wildman–Crippen MR) is 63.4 cm³/mol. The van der Waals surface area contributed by atoms with E-state index in [9.17, 15) is 8.42 Å². The van der Waals surface area contributed by atoms with E-state index >= 15 is 0 Å². The molecule has 1 saturated carbocycles. The molecule has 1 aliphatic carbocycles. The van der Waals surface area contributed by atoms with Gasteiger partial charge in [-0.25, -0.2) is 8.42 Å². The molecule has 4 nitrogen and oxygen atoms in total. The summed E-state index contributed by atoms with van der Waals surface area (Å²) >= 11 is 0. The van der Waals surface area contributed by atoms with E-state index < -0.39 is 10.0 Å². The molecule has 0 unspecified atom stereocenters. The maximum atomic E-state index is 11.9. The molecule has 16 heavy (non-hydrogen) atoms. The van der Waals surface area contributed by atoms with Crippen LogP contribution in [0.4, 0.5) is 0 Å². The third-order valence-electron chi connectivity index (χ3n) is 2.57. The van der Waals surface area contributed by atoms with Crippen LogP contribution in [0.15, 0.2) is 0 Å². The number of sulfonamides is 1. The lowest BCUT2D eigenvalue weighted by atomic mass is 10.4. The van der Waals surface area contributed by atoms with Gasteiger partial charge in [0.15, 0.2) is 0 Å². The Kier molecular flexibility index (Phi) is 5.26. The molecule has 1 rings (SSSR count). The largest absolute Gasteiger partial charge is 0.385 e. The highest BCUT2D eigenvalue weighted by Gasteiger charge is 2.29. The summed E-state index contributed by atoms with van der Waals surface area (Å²) in [6.07, 6.45) is 7.95. The fourth-order valence-corrected chi connectivity index (χ4v) is 2.93. The van der Waals surface area contributed by atoms with Crippen LogP contribution in [0.5, 0.6) is 0 Å². The molecule has 0 saturated heterocycles. The van der Waals surface area contributed by atoms with Crippen molar-refractivity contribution >= 4 is 10.0 Å². The standard InChI is InChI=1S/C11H19NO3S/c1-3-7-12(10-11-5-6-11)16(13,14)9-4-8-15-2/h1,11H,4-10H2,2H3. The van der Waals surface area contributed by atoms with E-state index in [0.717, 1.165) is 12.8 Å². The molecule has 0 aliphatic heterocycles. The summed E-state index contributed by atoms with van der Waals surface area (Å²) in [5, 5.41) is 0. The molecule has 0 heterocycles. The molecule has 0 bridgehead atoms. The number of rotatable bonds is 8. The molecular weight excluding hydrogens is 226 g/mol. The summed E-state index contributed by atoms with van der Waals surface area (Å²) in [5.74, 6) is 3.05. The first kappa shape index (κ1) is 13.5. The van der Waals surface area contributed by atoms with Crippen molar-refractivity contribution in [3.63, 3.8) is 0 Å². The van der Waals surface area contributed by atoms with Crippen LogP contribution in [0.2, 0.25) is 0 Å². The van der Waals surface area contributed by atoms with Crippen LogP contribution >= 0.6 is 0 Å². The molecular formula is C11H19NO3S. The molecule has 1 aliphatic rings. The van der Waals surface area contributed by atoms with Gasteiger partial charge in [-0.15, -0.1) is 6.42 Å². The normalized spacial score (nSPS) is 16.3. The quantitative estimate of drug-likeness (QED) is 0.467. The average Bonchev–Trinajstić information content (AvgIpc) is 3.01. The Balaban J connectivity index is 2.49. The summed E-state index contributed by atoms with van der Waals surface area (Å²) in [7, 11) is -1.64. The van der Waals surface area contributed by atoms with Crippen LogP contribution in [0.25, 0.3) is 0 Å². The van der Waals surface area contributed by atoms with E-state index in [1.165, 1.54) is 4.31 Å². The van der Waals surface area contributed by atoms with Gasteiger partial charge in [0.1, 0.15) is 0 Å². The third-order valence-corrected chi connectivity index (χ3v) is 4.44. The second-order valence-corrected chi connectivity index (χ2v) is 6.19. The zero-order chi connectivity index (χ0) is 12.0. The van der Waals surface area contributed by atoms with Crippen molar-refractivity contribution in [1.82, 2.24) is 4.31 Å². The van der Waals surface area contributed by atoms with Crippen molar-refractivity contribution in [3.8, 4) is 12.3 Å². The van der Waals surface area contributed by atoms with Gasteiger partial charge in [0.2, 0.25) is 10.0 Å². The van der Waals surface area contributed by atoms with Gasteiger partial charge in [-0.3, -0.25) is 0 Å². The molecule has 0 aromatic heterocycles. The zero-order valence-electron chi connectivity index (χ0n) is 9.68. The molecule has 0 N–H and O–H groups in total. The lowest BCUT2D eigenvalue weighted by Crippen LogP contribution is -2.35. The van der Waals surface area contributed by atoms with Crippen LogP contribution in [0.1, 0.15) is 19.3 Å². The van der Waals surface area contributed by atoms with Crippen molar-refractivity contribution in [1.29, 1.82) is 0 Å². The van der Waals surface area contributed by atoms with Crippen LogP contribution in [0.3, 0.4) is 0 Å². The Bertz CT molecular complexity index is 341. The van der Waals surface area contributed by atoms with Gasteiger partial charge in [-0.1, -0.05) is 5.92 Å². The summed E-state index contributed by atoms with van der Waals surface area (Å²) in [6.45, 7) is 1.23. The summed E-state index contributed by atoms with van der Waals surface area (Å²) in [6, 6.07) is 0. The monoisotopic (exact) mass is 245 g/mol. The Labute approximate surface area is 98.0 Å². The van der Waals surface area contributed by atoms with Crippen molar-refractivity contribution < 1.29 is 13.2 Å². The number of hydrogen-bond acceptors (Lipinski definition) is 3. The van der Waals surface area contributed by atoms with E-state index in [0.29, 0.717) is 25.5 Å². The van der Waals surface area contributed by atoms with E-state index in [-0.39, 0.29) is 12.3 Å². The number of terminal acetylenes is 1. The first-order valence-corrected chi connectivity index (χ1v) is 7.11. The highest BCUT2D eigenvalue weighted by molar-refractivity contribution is 7.89. The van der Waals surface area contributed by atoms with Gasteiger partial charge < -0.3 is 4.74 Å². The van der Waals surface area contributed by atoms with Gasteiger partial charge in [-0.2, -0.15) is 4.31 Å². The predicted octanol–water partition coefficient (Wildman–Crippen LogP) is 0.698. The van der Waals surface area contributed by atoms with Gasteiger partial charge in [-0.05, 0) is 25.2 Å². The molecule has 0 aromatic carbocycles. The van der Waals surface area contributed by atoms with Crippen molar-refractivity contribution in [2.24, 2.45) is 5.92 Å². The summed E-state index contributed by atoms with van der Waals surface area (Å²) in [4.78, 5) is 0. The second kappa shape index (κ2) is 6.24. The Morgan fingerprint density at radius 1 is 1.50 bits per heavy atom. The fraction of sp³-hybridized carbons (Fsp3) is 0.818. The number of ether oxygens (including phenoxy) is 1. The Hall–Kier alpha value is -0.570. The second-order valence-electron chi connectivity index (χ2n) is 4.10. The lowest BCUT2D eigenvalue weighted by Gasteiger charge is -2.19. The minimum atomic E-state index is -3.20. The van der Waals surface area contributed by atoms with Crippen molar-refractivity contribution in [2.75, 3.05) is 32.6 Å². The molecule has 0 radical (unpaired) electrons. The molecule has 0 spiro atoms. The fourth-order valence-electron chi connectivity index (χ4n) is 1.48. The minimum Gasteiger partial charge on any atom is -0.385 e. The third kappa shape index (κ3) is 4.52. The van der Waals surface area contributed by atoms with Crippen LogP contribution < -0.4 is 0 Å². The molecule has 0 amide bonds. The average molecular weight is 245 g/mol. The van der Waals surface area contributed by atoms with Crippen LogP contribution in [0, 0.1) is 18.3 Å². The van der Waals surface area contributed by atoms with E-state index in [1.54, 1.807) is 7.11 Å². The Morgan fingerprint density at radius 3 is 2.69 bits per heavy atom. The maximum absolute atomic E-state index is 11.9. The van der Waals surface area contributed by atoms with Gasteiger partial charge >= 0.3 is 0 Å². The molecule has 5 heteroatoms. The molecule has 0 aromatic rings. The first-order chi connectivity index (χ1) is 7.60. The number of nitrogens with zero attached hydrogens (tertiary/aromatic N) is 1. The van der Waals surface area contributed by atoms with Crippen molar-refractivity contribution in [3.05, 3.63) is 0 Å². The number of methoxy groups -OCH3 is 1. The van der Waals surface area contributed by atoms with Gasteiger partial charge in [0.05, 0.1) is 12.3 Å². The summed E-state index contributed by atoms with van der Waals surface area (Å²) in [5.41, 5.74) is 0. The SMILES string of the molecule is C#CCN(CC1CC1)S(=O)(=O)CCCOC. The van der Waals surface area contributed by atoms with E-state index in [1.807, 2.05) is 0 Å². The number of hydrogen-bond donors (Lipinski definition) is 0. The smallest absolute Gasteiger partial charge is 0.215 e. The van der Waals surface area contributed by atoms with Crippen molar-refractivity contribution in [2.45, 2.75) is 19.3 Å². The first-order valence-electron chi connectivity index (χ1n) is 5.50. The van der Waals surface area contributed by atoms with Gasteiger partial charge in [0.25, 0.3) is 0 Å². The molecule has 0 atom stereocenters. The molecule has 1 fully saturated rings. The Morgan fingerprint density at radius 2 is 2.19 bits per heavy atom. The maximum Gasteiger partial charge on any atom is 0.215 e. The molecule has 92 valence electrons. The van der Waals surface area contributed by atoms with E-state index in [2.05, 4.69) is 5.92 Å². The van der Waals surface area contributed by atoms with Gasteiger partial charge in [0, 0.05) is 20.3 Å². The van der Waals surface area contributed by atoms with E-state index in [4.69, 9.17) is 11.2 Å². The zero-order valence-corrected chi connectivity index (χ0v) is 10.5. The van der Waals surface area contributed by atoms with Crippen LogP contribution in [-0.2, 0) is 14.8 Å². The topological polar surface area (TPSA) is 46.6 Å². The highest BCUT2D eigenvalue weighted by atomic mass is 32.2. The lowest BCUT2D eigenvalue weighted by molar-refractivity contribution is 0.199. The highest BCUT2D eigenvalue weighted by Crippen LogP contribution is 2.30. The minimum absolute atomic E-state index is 0.120. The van der Waals surface area contributed by atoms with Crippen LogP contribution in [-0.4, -0.2) is 45.3 Å². The summed E-state index contributed by atoms with van der Waals surface area (Å²) < 4.78 is 30.1.